The Bertz CT molecular complexity index is 800. The fraction of sp³-hybridized carbons (Fsp3) is 0.0625. The predicted octanol–water partition coefficient (Wildman–Crippen LogP) is 2.38. The molecule has 0 saturated heterocycles. The number of nitrogens with one attached hydrogen (secondary N) is 2. The van der Waals surface area contributed by atoms with Crippen molar-refractivity contribution in [1.82, 2.24) is 0 Å². The van der Waals surface area contributed by atoms with Crippen molar-refractivity contribution in [2.24, 2.45) is 5.73 Å². The lowest BCUT2D eigenvalue weighted by atomic mass is 10.2. The number of alkyl halides is 3. The molecule has 4 N–H and O–H groups in total. The van der Waals surface area contributed by atoms with E-state index in [-0.39, 0.29) is 16.9 Å². The van der Waals surface area contributed by atoms with Crippen LogP contribution in [-0.2, 0) is 15.8 Å². The molecule has 3 amide bonds. The summed E-state index contributed by atoms with van der Waals surface area (Å²) in [6.45, 7) is 0. The molecule has 9 heteroatoms. The minimum Gasteiger partial charge on any atom is -0.366 e. The van der Waals surface area contributed by atoms with Crippen molar-refractivity contribution >= 4 is 29.1 Å². The van der Waals surface area contributed by atoms with Crippen LogP contribution in [0.2, 0.25) is 0 Å². The van der Waals surface area contributed by atoms with Gasteiger partial charge in [-0.15, -0.1) is 0 Å². The molecule has 2 aromatic carbocycles. The number of rotatable bonds is 3. The summed E-state index contributed by atoms with van der Waals surface area (Å²) in [5.41, 5.74) is 4.72. The Balaban J connectivity index is 1.98. The number of halogens is 3. The molecular formula is C16H12F3N3O3. The van der Waals surface area contributed by atoms with Crippen molar-refractivity contribution in [2.45, 2.75) is 6.18 Å². The van der Waals surface area contributed by atoms with Gasteiger partial charge in [-0.2, -0.15) is 13.2 Å². The molecule has 0 heterocycles. The van der Waals surface area contributed by atoms with Gasteiger partial charge in [-0.05, 0) is 48.5 Å². The van der Waals surface area contributed by atoms with Gasteiger partial charge in [0.25, 0.3) is 0 Å². The maximum absolute atomic E-state index is 12.5. The summed E-state index contributed by atoms with van der Waals surface area (Å²) in [7, 11) is 0. The zero-order valence-electron chi connectivity index (χ0n) is 12.6. The molecule has 0 aliphatic rings. The molecule has 130 valence electrons. The van der Waals surface area contributed by atoms with Crippen molar-refractivity contribution in [3.05, 3.63) is 59.7 Å². The molecule has 0 atom stereocenters. The first-order valence-corrected chi connectivity index (χ1v) is 6.86. The number of benzene rings is 2. The Morgan fingerprint density at radius 1 is 0.760 bits per heavy atom. The monoisotopic (exact) mass is 351 g/mol. The number of anilines is 2. The molecule has 0 aliphatic carbocycles. The topological polar surface area (TPSA) is 101 Å². The van der Waals surface area contributed by atoms with E-state index in [9.17, 15) is 27.6 Å². The lowest BCUT2D eigenvalue weighted by molar-refractivity contribution is -0.137. The normalized spacial score (nSPS) is 10.8. The smallest absolute Gasteiger partial charge is 0.366 e. The van der Waals surface area contributed by atoms with Crippen LogP contribution in [0.1, 0.15) is 15.9 Å². The van der Waals surface area contributed by atoms with Gasteiger partial charge in [-0.1, -0.05) is 0 Å². The summed E-state index contributed by atoms with van der Waals surface area (Å²) >= 11 is 0. The Morgan fingerprint density at radius 2 is 1.16 bits per heavy atom. The molecule has 0 spiro atoms. The van der Waals surface area contributed by atoms with E-state index in [0.29, 0.717) is 0 Å². The zero-order chi connectivity index (χ0) is 18.6. The Hall–Kier alpha value is -3.36. The molecule has 0 aromatic heterocycles. The van der Waals surface area contributed by atoms with E-state index in [1.165, 1.54) is 24.3 Å². The molecule has 25 heavy (non-hydrogen) atoms. The highest BCUT2D eigenvalue weighted by molar-refractivity contribution is 6.43. The van der Waals surface area contributed by atoms with E-state index in [1.807, 2.05) is 0 Å². The summed E-state index contributed by atoms with van der Waals surface area (Å²) < 4.78 is 37.4. The Morgan fingerprint density at radius 3 is 1.52 bits per heavy atom. The number of hydrogen-bond acceptors (Lipinski definition) is 3. The largest absolute Gasteiger partial charge is 0.416 e. The first-order chi connectivity index (χ1) is 11.7. The van der Waals surface area contributed by atoms with E-state index >= 15 is 0 Å². The van der Waals surface area contributed by atoms with Crippen LogP contribution in [0.4, 0.5) is 24.5 Å². The fourth-order valence-electron chi connectivity index (χ4n) is 1.84. The van der Waals surface area contributed by atoms with Crippen molar-refractivity contribution in [3.8, 4) is 0 Å². The van der Waals surface area contributed by atoms with Crippen molar-refractivity contribution in [2.75, 3.05) is 10.6 Å². The lowest BCUT2D eigenvalue weighted by Crippen LogP contribution is -2.29. The van der Waals surface area contributed by atoms with Gasteiger partial charge < -0.3 is 16.4 Å². The van der Waals surface area contributed by atoms with Gasteiger partial charge in [0.05, 0.1) is 5.56 Å². The van der Waals surface area contributed by atoms with Crippen LogP contribution in [0.3, 0.4) is 0 Å². The first-order valence-electron chi connectivity index (χ1n) is 6.86. The molecular weight excluding hydrogens is 339 g/mol. The summed E-state index contributed by atoms with van der Waals surface area (Å²) in [5.74, 6) is -2.72. The van der Waals surface area contributed by atoms with Gasteiger partial charge in [0, 0.05) is 16.9 Å². The van der Waals surface area contributed by atoms with Gasteiger partial charge in [0.15, 0.2) is 0 Å². The maximum atomic E-state index is 12.5. The maximum Gasteiger partial charge on any atom is 0.416 e. The third kappa shape index (κ3) is 4.80. The van der Waals surface area contributed by atoms with Crippen LogP contribution in [0.5, 0.6) is 0 Å². The van der Waals surface area contributed by atoms with E-state index in [1.54, 1.807) is 0 Å². The van der Waals surface area contributed by atoms with Gasteiger partial charge in [0.2, 0.25) is 5.91 Å². The standard InChI is InChI=1S/C16H12F3N3O3/c17-16(18,19)10-3-7-12(8-4-10)22-15(25)14(24)21-11-5-1-9(2-6-11)13(20)23/h1-8H,(H2,20,23)(H,21,24)(H,22,25). The predicted molar refractivity (Wildman–Crippen MR) is 83.7 cm³/mol. The Kier molecular flexibility index (Phi) is 5.06. The van der Waals surface area contributed by atoms with Crippen molar-refractivity contribution < 1.29 is 27.6 Å². The minimum absolute atomic E-state index is 0.0391. The number of hydrogen-bond donors (Lipinski definition) is 3. The number of primary amides is 1. The van der Waals surface area contributed by atoms with Crippen molar-refractivity contribution in [3.63, 3.8) is 0 Å². The minimum atomic E-state index is -4.49. The van der Waals surface area contributed by atoms with E-state index in [4.69, 9.17) is 5.73 Å². The van der Waals surface area contributed by atoms with Crippen LogP contribution in [0.25, 0.3) is 0 Å². The molecule has 0 bridgehead atoms. The van der Waals surface area contributed by atoms with E-state index < -0.39 is 29.5 Å². The fourth-order valence-corrected chi connectivity index (χ4v) is 1.84. The van der Waals surface area contributed by atoms with Gasteiger partial charge in [-0.25, -0.2) is 0 Å². The average Bonchev–Trinajstić information content (AvgIpc) is 2.55. The summed E-state index contributed by atoms with van der Waals surface area (Å²) in [4.78, 5) is 34.5. The molecule has 0 saturated carbocycles. The summed E-state index contributed by atoms with van der Waals surface area (Å²) in [6.07, 6.45) is -4.49. The van der Waals surface area contributed by atoms with Gasteiger partial charge >= 0.3 is 18.0 Å². The second-order valence-corrected chi connectivity index (χ2v) is 4.92. The highest BCUT2D eigenvalue weighted by Crippen LogP contribution is 2.29. The molecule has 2 aromatic rings. The zero-order valence-corrected chi connectivity index (χ0v) is 12.6. The molecule has 2 rings (SSSR count). The number of nitrogens with two attached hydrogens (primary N) is 1. The number of carbonyl (C=O) groups excluding carboxylic acids is 3. The van der Waals surface area contributed by atoms with Crippen LogP contribution >= 0.6 is 0 Å². The third-order valence-electron chi connectivity index (χ3n) is 3.10. The third-order valence-corrected chi connectivity index (χ3v) is 3.10. The van der Waals surface area contributed by atoms with Gasteiger partial charge in [-0.3, -0.25) is 14.4 Å². The van der Waals surface area contributed by atoms with E-state index in [2.05, 4.69) is 10.6 Å². The second-order valence-electron chi connectivity index (χ2n) is 4.92. The highest BCUT2D eigenvalue weighted by Gasteiger charge is 2.30. The second kappa shape index (κ2) is 7.04. The van der Waals surface area contributed by atoms with Crippen LogP contribution in [-0.4, -0.2) is 17.7 Å². The highest BCUT2D eigenvalue weighted by atomic mass is 19.4. The average molecular weight is 351 g/mol. The summed E-state index contributed by atoms with van der Waals surface area (Å²) in [5, 5.41) is 4.46. The molecule has 6 nitrogen and oxygen atoms in total. The molecule has 0 fully saturated rings. The van der Waals surface area contributed by atoms with Crippen molar-refractivity contribution in [1.29, 1.82) is 0 Å². The SMILES string of the molecule is NC(=O)c1ccc(NC(=O)C(=O)Nc2ccc(C(F)(F)F)cc2)cc1. The number of amides is 3. The quantitative estimate of drug-likeness (QED) is 0.740. The van der Waals surface area contributed by atoms with Crippen LogP contribution in [0.15, 0.2) is 48.5 Å². The lowest BCUT2D eigenvalue weighted by Gasteiger charge is -2.09. The van der Waals surface area contributed by atoms with Crippen LogP contribution in [0, 0.1) is 0 Å². The van der Waals surface area contributed by atoms with E-state index in [0.717, 1.165) is 24.3 Å². The van der Waals surface area contributed by atoms with Gasteiger partial charge in [0.1, 0.15) is 0 Å². The van der Waals surface area contributed by atoms with Crippen LogP contribution < -0.4 is 16.4 Å². The molecule has 0 unspecified atom stereocenters. The molecule has 0 radical (unpaired) electrons. The summed E-state index contributed by atoms with van der Waals surface area (Å²) in [6, 6.07) is 9.14. The number of carbonyl (C=O) groups is 3. The Labute approximate surface area is 139 Å². The molecule has 0 aliphatic heterocycles. The first kappa shape index (κ1) is 18.0.